The number of carboxylic acid groups (broad SMARTS) is 1. The molecule has 30 heavy (non-hydrogen) atoms. The van der Waals surface area contributed by atoms with Crippen molar-refractivity contribution >= 4 is 37.7 Å². The van der Waals surface area contributed by atoms with Gasteiger partial charge >= 0.3 is 5.97 Å². The van der Waals surface area contributed by atoms with Gasteiger partial charge in [-0.2, -0.15) is 0 Å². The number of aryl methyl sites for hydroxylation is 1. The molecule has 160 valence electrons. The number of benzene rings is 2. The molecule has 6 nitrogen and oxygen atoms in total. The zero-order valence-corrected chi connectivity index (χ0v) is 18.0. The Labute approximate surface area is 175 Å². The first-order valence-corrected chi connectivity index (χ1v) is 12.1. The molecule has 1 aromatic heterocycles. The quantitative estimate of drug-likeness (QED) is 0.381. The molecule has 0 saturated heterocycles. The summed E-state index contributed by atoms with van der Waals surface area (Å²) in [6.07, 6.45) is 8.25. The summed E-state index contributed by atoms with van der Waals surface area (Å²) in [6.45, 7) is 2.16. The standard InChI is InChI=1S/C23H26O6S/c1-3-4-5-6-7-8-9-15-12-17(30(2,27)28)14-19-21(24)18-13-16(23(25)26)10-11-20(18)29-22(15)19/h10-14H,3-9H2,1-2H3,(H,25,26). The maximum atomic E-state index is 13.1. The predicted molar refractivity (Wildman–Crippen MR) is 117 cm³/mol. The molecule has 3 rings (SSSR count). The van der Waals surface area contributed by atoms with E-state index in [1.54, 1.807) is 6.07 Å². The Bertz CT molecular complexity index is 1250. The minimum atomic E-state index is -3.53. The van der Waals surface area contributed by atoms with E-state index >= 15 is 0 Å². The molecule has 0 fully saturated rings. The number of fused-ring (bicyclic) bond motifs is 2. The number of carbonyl (C=O) groups is 1. The largest absolute Gasteiger partial charge is 0.478 e. The van der Waals surface area contributed by atoms with E-state index in [9.17, 15) is 23.1 Å². The van der Waals surface area contributed by atoms with Crippen LogP contribution in [-0.4, -0.2) is 25.7 Å². The van der Waals surface area contributed by atoms with Gasteiger partial charge in [0.05, 0.1) is 21.2 Å². The Balaban J connectivity index is 2.11. The second-order valence-corrected chi connectivity index (χ2v) is 9.71. The first-order chi connectivity index (χ1) is 14.2. The number of hydrogen-bond donors (Lipinski definition) is 1. The van der Waals surface area contributed by atoms with Crippen molar-refractivity contribution in [3.63, 3.8) is 0 Å². The summed E-state index contributed by atoms with van der Waals surface area (Å²) < 4.78 is 30.3. The van der Waals surface area contributed by atoms with Gasteiger partial charge in [0.2, 0.25) is 5.43 Å². The molecule has 7 heteroatoms. The summed E-state index contributed by atoms with van der Waals surface area (Å²) in [7, 11) is -3.53. The third-order valence-electron chi connectivity index (χ3n) is 5.29. The number of unbranched alkanes of at least 4 members (excludes halogenated alkanes) is 5. The number of carboxylic acids is 1. The van der Waals surface area contributed by atoms with Crippen molar-refractivity contribution in [1.29, 1.82) is 0 Å². The summed E-state index contributed by atoms with van der Waals surface area (Å²) >= 11 is 0. The Morgan fingerprint density at radius 2 is 1.70 bits per heavy atom. The minimum Gasteiger partial charge on any atom is -0.478 e. The summed E-state index contributed by atoms with van der Waals surface area (Å²) in [6, 6.07) is 7.04. The second kappa shape index (κ2) is 9.00. The fourth-order valence-electron chi connectivity index (χ4n) is 3.63. The SMILES string of the molecule is CCCCCCCCc1cc(S(C)(=O)=O)cc2c(=O)c3cc(C(=O)O)ccc3oc12. The molecule has 0 aliphatic carbocycles. The minimum absolute atomic E-state index is 0.0271. The monoisotopic (exact) mass is 430 g/mol. The highest BCUT2D eigenvalue weighted by atomic mass is 32.2. The molecule has 0 aliphatic heterocycles. The lowest BCUT2D eigenvalue weighted by Gasteiger charge is -2.10. The molecule has 0 atom stereocenters. The van der Waals surface area contributed by atoms with Crippen molar-refractivity contribution in [3.8, 4) is 0 Å². The maximum Gasteiger partial charge on any atom is 0.335 e. The van der Waals surface area contributed by atoms with Gasteiger partial charge in [-0.1, -0.05) is 39.0 Å². The zero-order chi connectivity index (χ0) is 21.9. The van der Waals surface area contributed by atoms with E-state index in [4.69, 9.17) is 4.42 Å². The van der Waals surface area contributed by atoms with Crippen molar-refractivity contribution in [2.75, 3.05) is 6.26 Å². The molecule has 1 N–H and O–H groups in total. The summed E-state index contributed by atoms with van der Waals surface area (Å²) in [5.74, 6) is -1.15. The van der Waals surface area contributed by atoms with E-state index in [0.717, 1.165) is 25.5 Å². The van der Waals surface area contributed by atoms with Gasteiger partial charge in [0.1, 0.15) is 11.2 Å². The van der Waals surface area contributed by atoms with Crippen LogP contribution in [0.1, 0.15) is 61.4 Å². The van der Waals surface area contributed by atoms with Crippen LogP contribution in [0.4, 0.5) is 0 Å². The highest BCUT2D eigenvalue weighted by molar-refractivity contribution is 7.90. The molecule has 0 aliphatic rings. The summed E-state index contributed by atoms with van der Waals surface area (Å²) in [5.41, 5.74) is 0.889. The fourth-order valence-corrected chi connectivity index (χ4v) is 4.32. The van der Waals surface area contributed by atoms with Gasteiger partial charge in [-0.3, -0.25) is 4.79 Å². The fraction of sp³-hybridized carbons (Fsp3) is 0.391. The van der Waals surface area contributed by atoms with Crippen molar-refractivity contribution in [1.82, 2.24) is 0 Å². The van der Waals surface area contributed by atoms with Crippen LogP contribution in [0.3, 0.4) is 0 Å². The molecular weight excluding hydrogens is 404 g/mol. The maximum absolute atomic E-state index is 13.1. The second-order valence-electron chi connectivity index (χ2n) is 7.70. The highest BCUT2D eigenvalue weighted by Gasteiger charge is 2.18. The van der Waals surface area contributed by atoms with Gasteiger partial charge < -0.3 is 9.52 Å². The molecule has 0 unspecified atom stereocenters. The smallest absolute Gasteiger partial charge is 0.335 e. The van der Waals surface area contributed by atoms with Crippen LogP contribution < -0.4 is 5.43 Å². The van der Waals surface area contributed by atoms with Crippen molar-refractivity contribution in [3.05, 3.63) is 51.7 Å². The molecule has 3 aromatic rings. The lowest BCUT2D eigenvalue weighted by molar-refractivity contribution is 0.0697. The molecule has 2 aromatic carbocycles. The summed E-state index contributed by atoms with van der Waals surface area (Å²) in [4.78, 5) is 24.4. The van der Waals surface area contributed by atoms with Crippen molar-refractivity contribution in [2.45, 2.75) is 56.8 Å². The number of hydrogen-bond acceptors (Lipinski definition) is 5. The van der Waals surface area contributed by atoms with Crippen LogP contribution in [-0.2, 0) is 16.3 Å². The van der Waals surface area contributed by atoms with Gasteiger partial charge in [0.15, 0.2) is 9.84 Å². The van der Waals surface area contributed by atoms with Crippen LogP contribution in [0.5, 0.6) is 0 Å². The van der Waals surface area contributed by atoms with Gasteiger partial charge in [-0.15, -0.1) is 0 Å². The van der Waals surface area contributed by atoms with Crippen LogP contribution in [0, 0.1) is 0 Å². The average molecular weight is 431 g/mol. The van der Waals surface area contributed by atoms with E-state index in [0.29, 0.717) is 17.6 Å². The highest BCUT2D eigenvalue weighted by Crippen LogP contribution is 2.27. The Morgan fingerprint density at radius 3 is 2.37 bits per heavy atom. The van der Waals surface area contributed by atoms with E-state index in [-0.39, 0.29) is 26.8 Å². The predicted octanol–water partition coefficient (Wildman–Crippen LogP) is 4.95. The van der Waals surface area contributed by atoms with E-state index in [2.05, 4.69) is 6.92 Å². The summed E-state index contributed by atoms with van der Waals surface area (Å²) in [5, 5.41) is 9.49. The Hall–Kier alpha value is -2.67. The van der Waals surface area contributed by atoms with Crippen molar-refractivity contribution < 1.29 is 22.7 Å². The Morgan fingerprint density at radius 1 is 1.00 bits per heavy atom. The molecule has 0 radical (unpaired) electrons. The van der Waals surface area contributed by atoms with Crippen LogP contribution >= 0.6 is 0 Å². The molecule has 0 spiro atoms. The van der Waals surface area contributed by atoms with E-state index < -0.39 is 21.2 Å². The third kappa shape index (κ3) is 4.73. The lowest BCUT2D eigenvalue weighted by Crippen LogP contribution is -2.08. The normalized spacial score (nSPS) is 11.9. The number of aromatic carboxylic acids is 1. The molecule has 0 amide bonds. The van der Waals surface area contributed by atoms with Gasteiger partial charge in [-0.05, 0) is 48.7 Å². The average Bonchev–Trinajstić information content (AvgIpc) is 2.69. The molecular formula is C23H26O6S. The zero-order valence-electron chi connectivity index (χ0n) is 17.2. The molecule has 1 heterocycles. The third-order valence-corrected chi connectivity index (χ3v) is 6.39. The lowest BCUT2D eigenvalue weighted by atomic mass is 10.0. The van der Waals surface area contributed by atoms with Crippen LogP contribution in [0.15, 0.2) is 44.4 Å². The molecule has 0 saturated carbocycles. The van der Waals surface area contributed by atoms with Crippen molar-refractivity contribution in [2.24, 2.45) is 0 Å². The number of rotatable bonds is 9. The van der Waals surface area contributed by atoms with Gasteiger partial charge in [0, 0.05) is 6.26 Å². The van der Waals surface area contributed by atoms with E-state index in [1.165, 1.54) is 43.5 Å². The van der Waals surface area contributed by atoms with Gasteiger partial charge in [0.25, 0.3) is 0 Å². The first-order valence-electron chi connectivity index (χ1n) is 10.2. The topological polar surface area (TPSA) is 102 Å². The number of sulfone groups is 1. The first kappa shape index (κ1) is 22.0. The van der Waals surface area contributed by atoms with E-state index in [1.807, 2.05) is 0 Å². The molecule has 0 bridgehead atoms. The van der Waals surface area contributed by atoms with Crippen LogP contribution in [0.2, 0.25) is 0 Å². The van der Waals surface area contributed by atoms with Crippen LogP contribution in [0.25, 0.3) is 21.9 Å². The Kier molecular flexibility index (Phi) is 6.61. The van der Waals surface area contributed by atoms with Gasteiger partial charge in [-0.25, -0.2) is 13.2 Å².